The van der Waals surface area contributed by atoms with E-state index >= 15 is 0 Å². The molecule has 0 N–H and O–H groups in total. The van der Waals surface area contributed by atoms with Crippen LogP contribution in [0.15, 0.2) is 30.3 Å². The molecule has 78 valence electrons. The van der Waals surface area contributed by atoms with Crippen LogP contribution in [0.3, 0.4) is 0 Å². The van der Waals surface area contributed by atoms with Crippen LogP contribution in [0, 0.1) is 0 Å². The molecule has 1 atom stereocenters. The quantitative estimate of drug-likeness (QED) is 0.712. The molecule has 0 amide bonds. The molecule has 1 unspecified atom stereocenters. The molecule has 0 fully saturated rings. The summed E-state index contributed by atoms with van der Waals surface area (Å²) in [5, 5.41) is 0. The minimum Gasteiger partial charge on any atom is -0.299 e. The van der Waals surface area contributed by atoms with Crippen molar-refractivity contribution in [3.8, 4) is 0 Å². The summed E-state index contributed by atoms with van der Waals surface area (Å²) < 4.78 is 0. The normalized spacial score (nSPS) is 11.1. The number of rotatable bonds is 3. The lowest BCUT2D eigenvalue weighted by Crippen LogP contribution is -2.06. The van der Waals surface area contributed by atoms with E-state index in [0.29, 0.717) is 12.2 Å². The van der Waals surface area contributed by atoms with Crippen LogP contribution in [0.2, 0.25) is 0 Å². The monoisotopic (exact) mass is 192 g/mol. The van der Waals surface area contributed by atoms with Crippen LogP contribution in [0.1, 0.15) is 45.6 Å². The Hall–Kier alpha value is -1.11. The van der Waals surface area contributed by atoms with E-state index < -0.39 is 0 Å². The second kappa shape index (κ2) is 7.31. The Labute approximate surface area is 87.2 Å². The van der Waals surface area contributed by atoms with Crippen molar-refractivity contribution in [2.24, 2.45) is 0 Å². The highest BCUT2D eigenvalue weighted by atomic mass is 16.1. The Morgan fingerprint density at radius 3 is 2.14 bits per heavy atom. The van der Waals surface area contributed by atoms with Crippen LogP contribution in [0.25, 0.3) is 0 Å². The maximum Gasteiger partial charge on any atom is 0.139 e. The summed E-state index contributed by atoms with van der Waals surface area (Å²) in [6.07, 6.45) is 0.621. The van der Waals surface area contributed by atoms with Crippen molar-refractivity contribution in [1.82, 2.24) is 0 Å². The molecule has 0 aliphatic carbocycles. The van der Waals surface area contributed by atoms with Gasteiger partial charge in [0.25, 0.3) is 0 Å². The van der Waals surface area contributed by atoms with Gasteiger partial charge in [-0.05, 0) is 5.56 Å². The van der Waals surface area contributed by atoms with E-state index in [4.69, 9.17) is 0 Å². The second-order valence-corrected chi connectivity index (χ2v) is 2.95. The molecule has 1 heteroatoms. The van der Waals surface area contributed by atoms with Crippen LogP contribution < -0.4 is 0 Å². The zero-order valence-electron chi connectivity index (χ0n) is 9.58. The smallest absolute Gasteiger partial charge is 0.139 e. The average Bonchev–Trinajstić information content (AvgIpc) is 2.31. The van der Waals surface area contributed by atoms with Crippen molar-refractivity contribution in [2.75, 3.05) is 0 Å². The minimum atomic E-state index is 0.0520. The van der Waals surface area contributed by atoms with E-state index in [2.05, 4.69) is 0 Å². The molecule has 0 saturated heterocycles. The summed E-state index contributed by atoms with van der Waals surface area (Å²) in [4.78, 5) is 11.3. The zero-order valence-corrected chi connectivity index (χ0v) is 9.58. The molecule has 0 bridgehead atoms. The SMILES string of the molecule is CC.CCC(=O)C(C)c1ccccc1. The van der Waals surface area contributed by atoms with Gasteiger partial charge in [-0.15, -0.1) is 0 Å². The first-order valence-electron chi connectivity index (χ1n) is 5.33. The molecule has 0 radical (unpaired) electrons. The topological polar surface area (TPSA) is 17.1 Å². The molecule has 0 saturated carbocycles. The van der Waals surface area contributed by atoms with Crippen molar-refractivity contribution in [3.05, 3.63) is 35.9 Å². The van der Waals surface area contributed by atoms with E-state index in [1.54, 1.807) is 0 Å². The Morgan fingerprint density at radius 1 is 1.21 bits per heavy atom. The highest BCUT2D eigenvalue weighted by Crippen LogP contribution is 2.16. The molecule has 0 aliphatic heterocycles. The Morgan fingerprint density at radius 2 is 1.71 bits per heavy atom. The number of Topliss-reactive ketones (excluding diaryl/α,β-unsaturated/α-hetero) is 1. The Balaban J connectivity index is 0.000000791. The van der Waals surface area contributed by atoms with Gasteiger partial charge in [-0.1, -0.05) is 58.0 Å². The molecule has 0 heterocycles. The fourth-order valence-corrected chi connectivity index (χ4v) is 1.23. The molecule has 0 spiro atoms. The van der Waals surface area contributed by atoms with Crippen LogP contribution in [0.5, 0.6) is 0 Å². The maximum absolute atomic E-state index is 11.3. The fourth-order valence-electron chi connectivity index (χ4n) is 1.23. The summed E-state index contributed by atoms with van der Waals surface area (Å²) in [6, 6.07) is 9.90. The first-order valence-corrected chi connectivity index (χ1v) is 5.33. The fraction of sp³-hybridized carbons (Fsp3) is 0.462. The molecule has 1 aromatic carbocycles. The van der Waals surface area contributed by atoms with Crippen LogP contribution >= 0.6 is 0 Å². The highest BCUT2D eigenvalue weighted by Gasteiger charge is 2.11. The summed E-state index contributed by atoms with van der Waals surface area (Å²) in [6.45, 7) is 7.86. The predicted molar refractivity (Wildman–Crippen MR) is 61.5 cm³/mol. The molecule has 0 aliphatic rings. The first-order chi connectivity index (χ1) is 6.75. The van der Waals surface area contributed by atoms with Crippen molar-refractivity contribution in [2.45, 2.75) is 40.0 Å². The second-order valence-electron chi connectivity index (χ2n) is 2.95. The zero-order chi connectivity index (χ0) is 11.0. The van der Waals surface area contributed by atoms with Crippen molar-refractivity contribution in [3.63, 3.8) is 0 Å². The van der Waals surface area contributed by atoms with Gasteiger partial charge in [0.05, 0.1) is 0 Å². The van der Waals surface area contributed by atoms with E-state index in [0.717, 1.165) is 5.56 Å². The minimum absolute atomic E-state index is 0.0520. The number of carbonyl (C=O) groups excluding carboxylic acids is 1. The van der Waals surface area contributed by atoms with Gasteiger partial charge in [-0.3, -0.25) is 4.79 Å². The van der Waals surface area contributed by atoms with Crippen molar-refractivity contribution < 1.29 is 4.79 Å². The lowest BCUT2D eigenvalue weighted by Gasteiger charge is -2.08. The third-order valence-corrected chi connectivity index (χ3v) is 2.13. The van der Waals surface area contributed by atoms with Crippen LogP contribution in [-0.2, 0) is 4.79 Å². The maximum atomic E-state index is 11.3. The number of hydrogen-bond acceptors (Lipinski definition) is 1. The van der Waals surface area contributed by atoms with Crippen molar-refractivity contribution in [1.29, 1.82) is 0 Å². The number of carbonyl (C=O) groups is 1. The molecular weight excluding hydrogens is 172 g/mol. The standard InChI is InChI=1S/C11H14O.C2H6/c1-3-11(12)9(2)10-7-5-4-6-8-10;1-2/h4-9H,3H2,1-2H3;1-2H3. The lowest BCUT2D eigenvalue weighted by atomic mass is 9.96. The van der Waals surface area contributed by atoms with E-state index in [1.165, 1.54) is 0 Å². The Bertz CT molecular complexity index is 251. The van der Waals surface area contributed by atoms with Gasteiger partial charge in [0.2, 0.25) is 0 Å². The highest BCUT2D eigenvalue weighted by molar-refractivity contribution is 5.84. The van der Waals surface area contributed by atoms with E-state index in [9.17, 15) is 4.79 Å². The molecule has 0 aromatic heterocycles. The third kappa shape index (κ3) is 3.73. The molecule has 1 rings (SSSR count). The Kier molecular flexibility index (Phi) is 6.73. The number of benzene rings is 1. The van der Waals surface area contributed by atoms with E-state index in [1.807, 2.05) is 58.0 Å². The summed E-state index contributed by atoms with van der Waals surface area (Å²) >= 11 is 0. The van der Waals surface area contributed by atoms with Crippen molar-refractivity contribution >= 4 is 5.78 Å². The predicted octanol–water partition coefficient (Wildman–Crippen LogP) is 3.80. The van der Waals surface area contributed by atoms with Gasteiger partial charge in [0.15, 0.2) is 0 Å². The lowest BCUT2D eigenvalue weighted by molar-refractivity contribution is -0.119. The average molecular weight is 192 g/mol. The van der Waals surface area contributed by atoms with E-state index in [-0.39, 0.29) is 5.92 Å². The van der Waals surface area contributed by atoms with Crippen LogP contribution in [0.4, 0.5) is 0 Å². The molecule has 1 nitrogen and oxygen atoms in total. The summed E-state index contributed by atoms with van der Waals surface area (Å²) in [5.41, 5.74) is 1.12. The van der Waals surface area contributed by atoms with Gasteiger partial charge in [0, 0.05) is 12.3 Å². The summed E-state index contributed by atoms with van der Waals surface area (Å²) in [7, 11) is 0. The van der Waals surface area contributed by atoms with Gasteiger partial charge >= 0.3 is 0 Å². The molecular formula is C13H20O. The largest absolute Gasteiger partial charge is 0.299 e. The van der Waals surface area contributed by atoms with Crippen LogP contribution in [-0.4, -0.2) is 5.78 Å². The molecule has 14 heavy (non-hydrogen) atoms. The summed E-state index contributed by atoms with van der Waals surface area (Å²) in [5.74, 6) is 0.359. The molecule has 1 aromatic rings. The van der Waals surface area contributed by atoms with Gasteiger partial charge in [0.1, 0.15) is 5.78 Å². The first kappa shape index (κ1) is 12.9. The number of hydrogen-bond donors (Lipinski definition) is 0. The third-order valence-electron chi connectivity index (χ3n) is 2.13. The van der Waals surface area contributed by atoms with Gasteiger partial charge in [-0.2, -0.15) is 0 Å². The van der Waals surface area contributed by atoms with Gasteiger partial charge < -0.3 is 0 Å². The number of ketones is 1. The van der Waals surface area contributed by atoms with Gasteiger partial charge in [-0.25, -0.2) is 0 Å².